The number of benzene rings is 2. The van der Waals surface area contributed by atoms with Crippen molar-refractivity contribution < 1.29 is 14.1 Å². The summed E-state index contributed by atoms with van der Waals surface area (Å²) in [6.07, 6.45) is 4.18. The lowest BCUT2D eigenvalue weighted by Gasteiger charge is -2.15. The molecule has 3 heteroatoms. The fourth-order valence-electron chi connectivity index (χ4n) is 3.36. The van der Waals surface area contributed by atoms with Gasteiger partial charge in [-0.05, 0) is 37.6 Å². The minimum atomic E-state index is -0.316. The Bertz CT molecular complexity index is 860. The molecule has 0 bridgehead atoms. The van der Waals surface area contributed by atoms with Crippen LogP contribution in [0.3, 0.4) is 0 Å². The van der Waals surface area contributed by atoms with Gasteiger partial charge in [-0.25, -0.2) is 4.79 Å². The molecule has 0 atom stereocenters. The molecular weight excluding hydrogens is 298 g/mol. The van der Waals surface area contributed by atoms with Crippen LogP contribution in [0.1, 0.15) is 35.3 Å². The topological polar surface area (TPSA) is 29.3 Å². The third kappa shape index (κ3) is 2.67. The Hall–Kier alpha value is -2.68. The normalized spacial score (nSPS) is 15.7. The number of allylic oxidation sites excluding steroid dienone is 1. The zero-order valence-electron chi connectivity index (χ0n) is 14.5. The highest BCUT2D eigenvalue weighted by Gasteiger charge is 2.42. The van der Waals surface area contributed by atoms with Gasteiger partial charge >= 0.3 is 5.97 Å². The first-order valence-corrected chi connectivity index (χ1v) is 8.02. The van der Waals surface area contributed by atoms with Crippen molar-refractivity contribution in [2.24, 2.45) is 0 Å². The molecule has 0 radical (unpaired) electrons. The van der Waals surface area contributed by atoms with Crippen molar-refractivity contribution in [3.63, 3.8) is 0 Å². The van der Waals surface area contributed by atoms with Gasteiger partial charge in [-0.1, -0.05) is 30.3 Å². The molecule has 1 aliphatic rings. The second-order valence-corrected chi connectivity index (χ2v) is 6.54. The molecule has 1 aliphatic heterocycles. The highest BCUT2D eigenvalue weighted by molar-refractivity contribution is 6.05. The second kappa shape index (κ2) is 6.08. The van der Waals surface area contributed by atoms with Gasteiger partial charge in [-0.2, -0.15) is 4.58 Å². The molecule has 0 aliphatic carbocycles. The van der Waals surface area contributed by atoms with E-state index in [2.05, 4.69) is 55.8 Å². The van der Waals surface area contributed by atoms with E-state index in [0.717, 1.165) is 5.56 Å². The first kappa shape index (κ1) is 16.2. The Kier molecular flexibility index (Phi) is 4.10. The Labute approximate surface area is 142 Å². The Morgan fingerprint density at radius 2 is 1.83 bits per heavy atom. The smallest absolute Gasteiger partial charge is 0.337 e. The van der Waals surface area contributed by atoms with E-state index < -0.39 is 0 Å². The zero-order chi connectivity index (χ0) is 17.3. The standard InChI is InChI=1S/C21H22NO2/c1-21(2)17-10-5-6-11-18(17)22(3)19(21)13-12-15-8-7-9-16(14-15)20(23)24-4/h5-14H,1-4H3/q+1. The molecule has 0 fully saturated rings. The average molecular weight is 320 g/mol. The molecule has 0 amide bonds. The first-order valence-electron chi connectivity index (χ1n) is 8.02. The predicted octanol–water partition coefficient (Wildman–Crippen LogP) is 4.19. The summed E-state index contributed by atoms with van der Waals surface area (Å²) in [5.74, 6) is -0.316. The van der Waals surface area contributed by atoms with E-state index in [1.807, 2.05) is 24.3 Å². The third-order valence-electron chi connectivity index (χ3n) is 4.68. The molecule has 0 unspecified atom stereocenters. The molecule has 3 nitrogen and oxygen atoms in total. The maximum absolute atomic E-state index is 11.7. The van der Waals surface area contributed by atoms with Gasteiger partial charge in [0.15, 0.2) is 5.71 Å². The van der Waals surface area contributed by atoms with Crippen molar-refractivity contribution in [1.29, 1.82) is 0 Å². The minimum Gasteiger partial charge on any atom is -0.465 e. The van der Waals surface area contributed by atoms with Crippen LogP contribution in [0.25, 0.3) is 6.08 Å². The molecule has 0 aromatic heterocycles. The SMILES string of the molecule is COC(=O)c1cccc(C=CC2=[N+](C)c3ccccc3C2(C)C)c1. The largest absolute Gasteiger partial charge is 0.465 e. The highest BCUT2D eigenvalue weighted by atomic mass is 16.5. The second-order valence-electron chi connectivity index (χ2n) is 6.54. The van der Waals surface area contributed by atoms with Gasteiger partial charge in [0.05, 0.1) is 18.1 Å². The number of methoxy groups -OCH3 is 1. The van der Waals surface area contributed by atoms with Crippen molar-refractivity contribution in [1.82, 2.24) is 0 Å². The van der Waals surface area contributed by atoms with E-state index in [0.29, 0.717) is 5.56 Å². The van der Waals surface area contributed by atoms with Gasteiger partial charge in [0.2, 0.25) is 5.69 Å². The van der Waals surface area contributed by atoms with Crippen molar-refractivity contribution >= 4 is 23.4 Å². The van der Waals surface area contributed by atoms with Crippen LogP contribution in [-0.4, -0.2) is 30.4 Å². The summed E-state index contributed by atoms with van der Waals surface area (Å²) in [5.41, 5.74) is 5.28. The maximum atomic E-state index is 11.7. The molecule has 1 heterocycles. The summed E-state index contributed by atoms with van der Waals surface area (Å²) < 4.78 is 7.02. The van der Waals surface area contributed by atoms with Gasteiger partial charge in [0, 0.05) is 17.7 Å². The number of hydrogen-bond donors (Lipinski definition) is 0. The average Bonchev–Trinajstić information content (AvgIpc) is 2.79. The van der Waals surface area contributed by atoms with E-state index in [4.69, 9.17) is 4.74 Å². The van der Waals surface area contributed by atoms with Crippen molar-refractivity contribution in [2.75, 3.05) is 14.2 Å². The van der Waals surface area contributed by atoms with Crippen molar-refractivity contribution in [3.8, 4) is 0 Å². The summed E-state index contributed by atoms with van der Waals surface area (Å²) in [7, 11) is 3.49. The van der Waals surface area contributed by atoms with Crippen LogP contribution in [0.2, 0.25) is 0 Å². The molecule has 0 saturated heterocycles. The van der Waals surface area contributed by atoms with E-state index in [1.54, 1.807) is 6.07 Å². The number of rotatable bonds is 3. The first-order chi connectivity index (χ1) is 11.4. The summed E-state index contributed by atoms with van der Waals surface area (Å²) >= 11 is 0. The molecule has 24 heavy (non-hydrogen) atoms. The number of ether oxygens (including phenoxy) is 1. The lowest BCUT2D eigenvalue weighted by Crippen LogP contribution is -2.26. The van der Waals surface area contributed by atoms with E-state index in [1.165, 1.54) is 24.1 Å². The summed E-state index contributed by atoms with van der Waals surface area (Å²) in [6, 6.07) is 15.9. The molecule has 3 rings (SSSR count). The number of hydrogen-bond acceptors (Lipinski definition) is 2. The lowest BCUT2D eigenvalue weighted by atomic mass is 9.81. The number of carbonyl (C=O) groups excluding carboxylic acids is 1. The van der Waals surface area contributed by atoms with Gasteiger partial charge < -0.3 is 4.74 Å². The van der Waals surface area contributed by atoms with Crippen LogP contribution in [-0.2, 0) is 10.2 Å². The third-order valence-corrected chi connectivity index (χ3v) is 4.68. The highest BCUT2D eigenvalue weighted by Crippen LogP contribution is 2.39. The minimum absolute atomic E-state index is 0.0538. The molecule has 0 saturated carbocycles. The molecule has 2 aromatic carbocycles. The fraction of sp³-hybridized carbons (Fsp3) is 0.238. The van der Waals surface area contributed by atoms with Crippen molar-refractivity contribution in [2.45, 2.75) is 19.3 Å². The summed E-state index contributed by atoms with van der Waals surface area (Å²) in [5, 5.41) is 0. The molecule has 122 valence electrons. The number of para-hydroxylation sites is 1. The lowest BCUT2D eigenvalue weighted by molar-refractivity contribution is -0.401. The molecular formula is C21H22NO2+. The van der Waals surface area contributed by atoms with Crippen LogP contribution in [0.15, 0.2) is 54.6 Å². The van der Waals surface area contributed by atoms with Crippen LogP contribution in [0.5, 0.6) is 0 Å². The molecule has 2 aromatic rings. The van der Waals surface area contributed by atoms with Crippen LogP contribution < -0.4 is 0 Å². The monoisotopic (exact) mass is 320 g/mol. The van der Waals surface area contributed by atoms with Gasteiger partial charge in [-0.15, -0.1) is 0 Å². The summed E-state index contributed by atoms with van der Waals surface area (Å²) in [6.45, 7) is 4.47. The predicted molar refractivity (Wildman–Crippen MR) is 97.1 cm³/mol. The van der Waals surface area contributed by atoms with Crippen LogP contribution >= 0.6 is 0 Å². The van der Waals surface area contributed by atoms with Crippen LogP contribution in [0.4, 0.5) is 5.69 Å². The Morgan fingerprint density at radius 1 is 1.08 bits per heavy atom. The summed E-state index contributed by atoms with van der Waals surface area (Å²) in [4.78, 5) is 11.7. The molecule has 0 N–H and O–H groups in total. The van der Waals surface area contributed by atoms with Gasteiger partial charge in [0.1, 0.15) is 7.05 Å². The van der Waals surface area contributed by atoms with E-state index in [-0.39, 0.29) is 11.4 Å². The zero-order valence-corrected chi connectivity index (χ0v) is 14.5. The van der Waals surface area contributed by atoms with Gasteiger partial charge in [-0.3, -0.25) is 0 Å². The quantitative estimate of drug-likeness (QED) is 0.627. The van der Waals surface area contributed by atoms with E-state index in [9.17, 15) is 4.79 Å². The van der Waals surface area contributed by atoms with E-state index >= 15 is 0 Å². The number of esters is 1. The van der Waals surface area contributed by atoms with Crippen molar-refractivity contribution in [3.05, 3.63) is 71.3 Å². The van der Waals surface area contributed by atoms with Gasteiger partial charge in [0.25, 0.3) is 0 Å². The number of carbonyl (C=O) groups is 1. The fourth-order valence-corrected chi connectivity index (χ4v) is 3.36. The Morgan fingerprint density at radius 3 is 2.54 bits per heavy atom. The maximum Gasteiger partial charge on any atom is 0.337 e. The number of nitrogens with zero attached hydrogens (tertiary/aromatic N) is 1. The molecule has 0 spiro atoms. The van der Waals surface area contributed by atoms with Crippen LogP contribution in [0, 0.1) is 0 Å². The number of fused-ring (bicyclic) bond motifs is 1. The Balaban J connectivity index is 1.96.